The Bertz CT molecular complexity index is 845. The summed E-state index contributed by atoms with van der Waals surface area (Å²) in [7, 11) is 0. The minimum atomic E-state index is -0.0634. The summed E-state index contributed by atoms with van der Waals surface area (Å²) in [5.41, 5.74) is 3.73. The molecule has 4 heterocycles. The first-order chi connectivity index (χ1) is 13.4. The quantitative estimate of drug-likeness (QED) is 0.882. The number of H-pyrrole nitrogens is 1. The predicted molar refractivity (Wildman–Crippen MR) is 107 cm³/mol. The van der Waals surface area contributed by atoms with Crippen LogP contribution in [-0.4, -0.2) is 61.8 Å². The van der Waals surface area contributed by atoms with E-state index in [1.165, 1.54) is 11.4 Å². The number of amides is 1. The van der Waals surface area contributed by atoms with Crippen LogP contribution in [-0.2, 0) is 12.0 Å². The van der Waals surface area contributed by atoms with Crippen molar-refractivity contribution in [2.24, 2.45) is 5.92 Å². The molecule has 2 aromatic heterocycles. The maximum atomic E-state index is 13.0. The smallest absolute Gasteiger partial charge is 0.272 e. The first kappa shape index (κ1) is 19.1. The van der Waals surface area contributed by atoms with Crippen molar-refractivity contribution in [1.29, 1.82) is 0 Å². The third-order valence-corrected chi connectivity index (χ3v) is 6.04. The second kappa shape index (κ2) is 7.28. The van der Waals surface area contributed by atoms with E-state index in [2.05, 4.69) is 33.7 Å². The molecule has 2 aliphatic rings. The van der Waals surface area contributed by atoms with E-state index in [0.717, 1.165) is 51.1 Å². The Labute approximate surface area is 166 Å². The molecule has 1 N–H and O–H groups in total. The predicted octanol–water partition coefficient (Wildman–Crippen LogP) is 2.46. The van der Waals surface area contributed by atoms with E-state index < -0.39 is 0 Å². The van der Waals surface area contributed by atoms with Gasteiger partial charge in [-0.3, -0.25) is 9.69 Å². The number of likely N-dealkylation sites (tertiary alicyclic amines) is 1. The molecule has 7 heteroatoms. The van der Waals surface area contributed by atoms with Crippen molar-refractivity contribution in [1.82, 2.24) is 29.7 Å². The number of hydrogen-bond donors (Lipinski definition) is 1. The number of imidazole rings is 1. The fourth-order valence-corrected chi connectivity index (χ4v) is 4.85. The van der Waals surface area contributed by atoms with E-state index in [9.17, 15) is 4.79 Å². The lowest BCUT2D eigenvalue weighted by molar-refractivity contribution is 0.000444. The molecule has 2 aliphatic heterocycles. The fraction of sp³-hybridized carbons (Fsp3) is 0.619. The third-order valence-electron chi connectivity index (χ3n) is 6.04. The number of nitrogens with zero attached hydrogens (tertiary/aromatic N) is 5. The zero-order valence-corrected chi connectivity index (χ0v) is 17.3. The number of fused-ring (bicyclic) bond motifs is 2. The molecule has 0 aliphatic carbocycles. The van der Waals surface area contributed by atoms with Gasteiger partial charge in [-0.25, -0.2) is 15.0 Å². The van der Waals surface area contributed by atoms with Crippen LogP contribution in [0.5, 0.6) is 0 Å². The highest BCUT2D eigenvalue weighted by atomic mass is 16.2. The molecule has 0 radical (unpaired) electrons. The van der Waals surface area contributed by atoms with Gasteiger partial charge in [-0.1, -0.05) is 13.8 Å². The molecule has 0 bridgehead atoms. The lowest BCUT2D eigenvalue weighted by Gasteiger charge is -2.51. The Hall–Kier alpha value is -2.28. The van der Waals surface area contributed by atoms with Crippen molar-refractivity contribution in [3.63, 3.8) is 0 Å². The van der Waals surface area contributed by atoms with Crippen LogP contribution in [0.2, 0.25) is 0 Å². The molecule has 150 valence electrons. The van der Waals surface area contributed by atoms with Gasteiger partial charge in [0.15, 0.2) is 0 Å². The number of carbonyl (C=O) groups excluding carboxylic acids is 1. The molecule has 0 unspecified atom stereocenters. The summed E-state index contributed by atoms with van der Waals surface area (Å²) in [4.78, 5) is 34.3. The molecule has 7 nitrogen and oxygen atoms in total. The van der Waals surface area contributed by atoms with Crippen LogP contribution in [0.25, 0.3) is 0 Å². The highest BCUT2D eigenvalue weighted by Crippen LogP contribution is 2.42. The van der Waals surface area contributed by atoms with Crippen molar-refractivity contribution in [3.8, 4) is 0 Å². The minimum absolute atomic E-state index is 0.0110. The number of aryl methyl sites for hydroxylation is 2. The number of nitrogens with one attached hydrogen (secondary N) is 1. The average molecular weight is 383 g/mol. The Balaban J connectivity index is 1.56. The van der Waals surface area contributed by atoms with Crippen molar-refractivity contribution in [2.45, 2.75) is 52.5 Å². The number of aromatic amines is 1. The Morgan fingerprint density at radius 1 is 1.21 bits per heavy atom. The van der Waals surface area contributed by atoms with Gasteiger partial charge in [0, 0.05) is 44.0 Å². The highest BCUT2D eigenvalue weighted by molar-refractivity contribution is 5.92. The molecule has 2 aromatic rings. The number of hydrogen-bond acceptors (Lipinski definition) is 5. The number of carbonyl (C=O) groups is 1. The summed E-state index contributed by atoms with van der Waals surface area (Å²) < 4.78 is 0. The van der Waals surface area contributed by atoms with Crippen LogP contribution >= 0.6 is 0 Å². The molecule has 1 saturated heterocycles. The summed E-state index contributed by atoms with van der Waals surface area (Å²) in [6, 6.07) is 1.79. The van der Waals surface area contributed by atoms with Crippen molar-refractivity contribution < 1.29 is 4.79 Å². The van der Waals surface area contributed by atoms with Crippen molar-refractivity contribution in [3.05, 3.63) is 41.0 Å². The molecular formula is C21H30N6O. The van der Waals surface area contributed by atoms with Gasteiger partial charge < -0.3 is 9.88 Å². The first-order valence-electron chi connectivity index (χ1n) is 10.3. The van der Waals surface area contributed by atoms with Gasteiger partial charge in [0.05, 0.1) is 17.6 Å². The van der Waals surface area contributed by atoms with Crippen LogP contribution < -0.4 is 0 Å². The Morgan fingerprint density at radius 3 is 2.64 bits per heavy atom. The van der Waals surface area contributed by atoms with E-state index in [1.807, 2.05) is 25.1 Å². The van der Waals surface area contributed by atoms with Gasteiger partial charge in [0.25, 0.3) is 5.91 Å². The van der Waals surface area contributed by atoms with Crippen LogP contribution in [0.3, 0.4) is 0 Å². The second-order valence-corrected chi connectivity index (χ2v) is 8.59. The van der Waals surface area contributed by atoms with Crippen molar-refractivity contribution in [2.75, 3.05) is 26.2 Å². The van der Waals surface area contributed by atoms with Gasteiger partial charge in [-0.15, -0.1) is 0 Å². The van der Waals surface area contributed by atoms with Gasteiger partial charge in [-0.05, 0) is 38.7 Å². The third kappa shape index (κ3) is 3.32. The van der Waals surface area contributed by atoms with Crippen LogP contribution in [0.15, 0.2) is 12.4 Å². The maximum absolute atomic E-state index is 13.0. The molecule has 4 rings (SSSR count). The molecule has 0 aromatic carbocycles. The van der Waals surface area contributed by atoms with E-state index >= 15 is 0 Å². The maximum Gasteiger partial charge on any atom is 0.272 e. The van der Waals surface area contributed by atoms with Gasteiger partial charge in [0.2, 0.25) is 0 Å². The van der Waals surface area contributed by atoms with E-state index in [4.69, 9.17) is 4.98 Å². The SMILES string of the molecule is Cc1cc(C(=O)N2CCC3(CC2)c2nc[nH]c2CCN3CC(C)C)nc(C)n1. The highest BCUT2D eigenvalue weighted by Gasteiger charge is 2.47. The van der Waals surface area contributed by atoms with Gasteiger partial charge in [0.1, 0.15) is 11.5 Å². The zero-order valence-electron chi connectivity index (χ0n) is 17.3. The van der Waals surface area contributed by atoms with Crippen LogP contribution in [0.1, 0.15) is 60.1 Å². The fourth-order valence-electron chi connectivity index (χ4n) is 4.85. The lowest BCUT2D eigenvalue weighted by atomic mass is 9.78. The normalized spacial score (nSPS) is 19.2. The molecule has 1 spiro atoms. The average Bonchev–Trinajstić information content (AvgIpc) is 3.13. The molecule has 0 saturated carbocycles. The Morgan fingerprint density at radius 2 is 1.96 bits per heavy atom. The number of piperidine rings is 1. The standard InChI is InChI=1S/C21H30N6O/c1-14(2)12-27-8-5-17-19(23-13-22-17)21(27)6-9-26(10-7-21)20(28)18-11-15(3)24-16(4)25-18/h11,13-14H,5-10,12H2,1-4H3,(H,22,23). The summed E-state index contributed by atoms with van der Waals surface area (Å²) >= 11 is 0. The summed E-state index contributed by atoms with van der Waals surface area (Å²) in [5, 5.41) is 0. The Kier molecular flexibility index (Phi) is 4.95. The minimum Gasteiger partial charge on any atom is -0.348 e. The van der Waals surface area contributed by atoms with Crippen LogP contribution in [0.4, 0.5) is 0 Å². The molecule has 1 fully saturated rings. The molecule has 28 heavy (non-hydrogen) atoms. The van der Waals surface area contributed by atoms with Gasteiger partial charge in [-0.2, -0.15) is 0 Å². The van der Waals surface area contributed by atoms with E-state index in [1.54, 1.807) is 6.07 Å². The first-order valence-corrected chi connectivity index (χ1v) is 10.3. The van der Waals surface area contributed by atoms with Crippen molar-refractivity contribution >= 4 is 5.91 Å². The van der Waals surface area contributed by atoms with E-state index in [0.29, 0.717) is 17.4 Å². The largest absolute Gasteiger partial charge is 0.348 e. The summed E-state index contributed by atoms with van der Waals surface area (Å²) in [6.07, 6.45) is 4.67. The molecule has 0 atom stereocenters. The summed E-state index contributed by atoms with van der Waals surface area (Å²) in [5.74, 6) is 1.26. The second-order valence-electron chi connectivity index (χ2n) is 8.59. The number of rotatable bonds is 3. The lowest BCUT2D eigenvalue weighted by Crippen LogP contribution is -2.57. The number of aromatic nitrogens is 4. The monoisotopic (exact) mass is 382 g/mol. The van der Waals surface area contributed by atoms with E-state index in [-0.39, 0.29) is 11.4 Å². The summed E-state index contributed by atoms with van der Waals surface area (Å²) in [6.45, 7) is 11.8. The molecular weight excluding hydrogens is 352 g/mol. The van der Waals surface area contributed by atoms with Gasteiger partial charge >= 0.3 is 0 Å². The topological polar surface area (TPSA) is 78.0 Å². The zero-order chi connectivity index (χ0) is 19.9. The van der Waals surface area contributed by atoms with Crippen LogP contribution in [0, 0.1) is 19.8 Å². The molecule has 1 amide bonds.